The first-order valence-corrected chi connectivity index (χ1v) is 7.70. The lowest BCUT2D eigenvalue weighted by atomic mass is 10.2. The molecule has 2 aromatic rings. The predicted molar refractivity (Wildman–Crippen MR) is 90.7 cm³/mol. The van der Waals surface area contributed by atoms with Gasteiger partial charge in [0.1, 0.15) is 0 Å². The van der Waals surface area contributed by atoms with E-state index in [0.29, 0.717) is 41.7 Å². The van der Waals surface area contributed by atoms with Crippen LogP contribution in [0.2, 0.25) is 0 Å². The van der Waals surface area contributed by atoms with Crippen LogP contribution in [0.5, 0.6) is 11.5 Å². The minimum atomic E-state index is -0.237. The average Bonchev–Trinajstić information content (AvgIpc) is 2.80. The van der Waals surface area contributed by atoms with Gasteiger partial charge in [-0.3, -0.25) is 9.59 Å². The van der Waals surface area contributed by atoms with E-state index < -0.39 is 0 Å². The second-order valence-corrected chi connectivity index (χ2v) is 5.42. The minimum Gasteiger partial charge on any atom is -0.490 e. The van der Waals surface area contributed by atoms with Gasteiger partial charge in [-0.1, -0.05) is 0 Å². The third kappa shape index (κ3) is 3.84. The van der Waals surface area contributed by atoms with E-state index in [-0.39, 0.29) is 11.8 Å². The molecule has 0 fully saturated rings. The van der Waals surface area contributed by atoms with E-state index in [0.717, 1.165) is 6.42 Å². The van der Waals surface area contributed by atoms with Crippen molar-refractivity contribution in [2.75, 3.05) is 23.8 Å². The zero-order chi connectivity index (χ0) is 16.9. The minimum absolute atomic E-state index is 0.153. The standard InChI is InChI=1S/C18H18N2O4/c1-12(21)19-14-5-3-13(4-6-14)18(22)20-15-7-8-16-17(11-15)24-10-2-9-23-16/h3-8,11H,2,9-10H2,1H3,(H,19,21)(H,20,22). The molecular formula is C18H18N2O4. The molecule has 124 valence electrons. The fraction of sp³-hybridized carbons (Fsp3) is 0.222. The Bertz CT molecular complexity index is 756. The molecule has 1 heterocycles. The van der Waals surface area contributed by atoms with Crippen LogP contribution in [-0.4, -0.2) is 25.0 Å². The quantitative estimate of drug-likeness (QED) is 0.909. The molecule has 2 amide bonds. The van der Waals surface area contributed by atoms with Crippen molar-refractivity contribution in [2.24, 2.45) is 0 Å². The highest BCUT2D eigenvalue weighted by Gasteiger charge is 2.12. The highest BCUT2D eigenvalue weighted by atomic mass is 16.5. The number of ether oxygens (including phenoxy) is 2. The van der Waals surface area contributed by atoms with Crippen LogP contribution in [0.4, 0.5) is 11.4 Å². The van der Waals surface area contributed by atoms with Crippen LogP contribution in [0.25, 0.3) is 0 Å². The molecule has 3 rings (SSSR count). The van der Waals surface area contributed by atoms with Gasteiger partial charge in [0, 0.05) is 36.3 Å². The third-order valence-corrected chi connectivity index (χ3v) is 3.47. The molecule has 0 aliphatic carbocycles. The number of amides is 2. The van der Waals surface area contributed by atoms with E-state index in [2.05, 4.69) is 10.6 Å². The molecule has 0 spiro atoms. The van der Waals surface area contributed by atoms with Gasteiger partial charge in [-0.05, 0) is 36.4 Å². The number of fused-ring (bicyclic) bond motifs is 1. The van der Waals surface area contributed by atoms with Crippen LogP contribution in [0.1, 0.15) is 23.7 Å². The van der Waals surface area contributed by atoms with Crippen LogP contribution in [0, 0.1) is 0 Å². The highest BCUT2D eigenvalue weighted by Crippen LogP contribution is 2.32. The normalized spacial score (nSPS) is 12.9. The molecule has 0 aromatic heterocycles. The third-order valence-electron chi connectivity index (χ3n) is 3.47. The predicted octanol–water partition coefficient (Wildman–Crippen LogP) is 3.06. The fourth-order valence-corrected chi connectivity index (χ4v) is 2.35. The molecule has 1 aliphatic heterocycles. The molecule has 0 bridgehead atoms. The second kappa shape index (κ2) is 7.04. The summed E-state index contributed by atoms with van der Waals surface area (Å²) in [5, 5.41) is 5.49. The van der Waals surface area contributed by atoms with Gasteiger partial charge >= 0.3 is 0 Å². The zero-order valence-electron chi connectivity index (χ0n) is 13.3. The Hall–Kier alpha value is -3.02. The molecule has 2 N–H and O–H groups in total. The van der Waals surface area contributed by atoms with Gasteiger partial charge < -0.3 is 20.1 Å². The van der Waals surface area contributed by atoms with Crippen LogP contribution in [-0.2, 0) is 4.79 Å². The van der Waals surface area contributed by atoms with E-state index in [1.165, 1.54) is 6.92 Å². The van der Waals surface area contributed by atoms with Crippen LogP contribution >= 0.6 is 0 Å². The zero-order valence-corrected chi connectivity index (χ0v) is 13.3. The van der Waals surface area contributed by atoms with E-state index in [4.69, 9.17) is 9.47 Å². The van der Waals surface area contributed by atoms with E-state index >= 15 is 0 Å². The van der Waals surface area contributed by atoms with Crippen molar-refractivity contribution in [1.29, 1.82) is 0 Å². The van der Waals surface area contributed by atoms with Crippen LogP contribution in [0.15, 0.2) is 42.5 Å². The maximum atomic E-state index is 12.3. The van der Waals surface area contributed by atoms with Crippen molar-refractivity contribution >= 4 is 23.2 Å². The Kier molecular flexibility index (Phi) is 4.65. The topological polar surface area (TPSA) is 76.7 Å². The number of hydrogen-bond acceptors (Lipinski definition) is 4. The van der Waals surface area contributed by atoms with Crippen LogP contribution < -0.4 is 20.1 Å². The fourth-order valence-electron chi connectivity index (χ4n) is 2.35. The maximum absolute atomic E-state index is 12.3. The molecule has 24 heavy (non-hydrogen) atoms. The number of carbonyl (C=O) groups is 2. The second-order valence-electron chi connectivity index (χ2n) is 5.42. The first kappa shape index (κ1) is 15.9. The Morgan fingerprint density at radius 2 is 1.54 bits per heavy atom. The summed E-state index contributed by atoms with van der Waals surface area (Å²) in [7, 11) is 0. The first-order chi connectivity index (χ1) is 11.6. The Balaban J connectivity index is 1.70. The summed E-state index contributed by atoms with van der Waals surface area (Å²) in [6, 6.07) is 12.0. The monoisotopic (exact) mass is 326 g/mol. The maximum Gasteiger partial charge on any atom is 0.255 e. The Labute approximate surface area is 139 Å². The summed E-state index contributed by atoms with van der Waals surface area (Å²) < 4.78 is 11.2. The van der Waals surface area contributed by atoms with Gasteiger partial charge in [0.2, 0.25) is 5.91 Å². The molecule has 0 radical (unpaired) electrons. The molecule has 0 saturated carbocycles. The Morgan fingerprint density at radius 1 is 0.875 bits per heavy atom. The van der Waals surface area contributed by atoms with Gasteiger partial charge in [0.05, 0.1) is 13.2 Å². The summed E-state index contributed by atoms with van der Waals surface area (Å²) in [5.41, 5.74) is 1.78. The summed E-state index contributed by atoms with van der Waals surface area (Å²) >= 11 is 0. The lowest BCUT2D eigenvalue weighted by Crippen LogP contribution is -2.12. The van der Waals surface area contributed by atoms with Gasteiger partial charge in [-0.2, -0.15) is 0 Å². The molecule has 0 unspecified atom stereocenters. The lowest BCUT2D eigenvalue weighted by molar-refractivity contribution is -0.114. The van der Waals surface area contributed by atoms with Gasteiger partial charge in [-0.15, -0.1) is 0 Å². The highest BCUT2D eigenvalue weighted by molar-refractivity contribution is 6.04. The van der Waals surface area contributed by atoms with Crippen LogP contribution in [0.3, 0.4) is 0 Å². The summed E-state index contributed by atoms with van der Waals surface area (Å²) in [4.78, 5) is 23.3. The van der Waals surface area contributed by atoms with Crippen molar-refractivity contribution in [2.45, 2.75) is 13.3 Å². The van der Waals surface area contributed by atoms with E-state index in [1.54, 1.807) is 42.5 Å². The summed E-state index contributed by atoms with van der Waals surface area (Å²) in [5.74, 6) is 0.926. The number of rotatable bonds is 3. The van der Waals surface area contributed by atoms with Gasteiger partial charge in [0.25, 0.3) is 5.91 Å². The largest absolute Gasteiger partial charge is 0.490 e. The molecule has 6 heteroatoms. The van der Waals surface area contributed by atoms with Gasteiger partial charge in [-0.25, -0.2) is 0 Å². The molecule has 0 saturated heterocycles. The molecule has 2 aromatic carbocycles. The number of carbonyl (C=O) groups excluding carboxylic acids is 2. The average molecular weight is 326 g/mol. The van der Waals surface area contributed by atoms with Crippen molar-refractivity contribution in [3.05, 3.63) is 48.0 Å². The summed E-state index contributed by atoms with van der Waals surface area (Å²) in [6.45, 7) is 2.65. The SMILES string of the molecule is CC(=O)Nc1ccc(C(=O)Nc2ccc3c(c2)OCCCO3)cc1. The van der Waals surface area contributed by atoms with Crippen molar-refractivity contribution < 1.29 is 19.1 Å². The van der Waals surface area contributed by atoms with Crippen molar-refractivity contribution in [1.82, 2.24) is 0 Å². The number of hydrogen-bond donors (Lipinski definition) is 2. The van der Waals surface area contributed by atoms with E-state index in [1.807, 2.05) is 0 Å². The smallest absolute Gasteiger partial charge is 0.255 e. The molecule has 6 nitrogen and oxygen atoms in total. The lowest BCUT2D eigenvalue weighted by Gasteiger charge is -2.10. The molecule has 1 aliphatic rings. The van der Waals surface area contributed by atoms with Crippen molar-refractivity contribution in [3.8, 4) is 11.5 Å². The first-order valence-electron chi connectivity index (χ1n) is 7.70. The number of nitrogens with one attached hydrogen (secondary N) is 2. The Morgan fingerprint density at radius 3 is 2.25 bits per heavy atom. The van der Waals surface area contributed by atoms with E-state index in [9.17, 15) is 9.59 Å². The number of benzene rings is 2. The van der Waals surface area contributed by atoms with Crippen molar-refractivity contribution in [3.63, 3.8) is 0 Å². The molecular weight excluding hydrogens is 308 g/mol. The molecule has 0 atom stereocenters. The number of anilines is 2. The van der Waals surface area contributed by atoms with Gasteiger partial charge in [0.15, 0.2) is 11.5 Å². The summed E-state index contributed by atoms with van der Waals surface area (Å²) in [6.07, 6.45) is 0.830.